The minimum atomic E-state index is -1.04. The Morgan fingerprint density at radius 1 is 1.29 bits per heavy atom. The molecule has 3 nitrogen and oxygen atoms in total. The fourth-order valence-corrected chi connectivity index (χ4v) is 1.41. The zero-order valence-electron chi connectivity index (χ0n) is 7.07. The van der Waals surface area contributed by atoms with E-state index in [1.807, 2.05) is 0 Å². The van der Waals surface area contributed by atoms with Gasteiger partial charge in [0.05, 0.1) is 0 Å². The molecule has 0 radical (unpaired) electrons. The molecule has 0 fully saturated rings. The number of pyridine rings is 1. The van der Waals surface area contributed by atoms with Crippen molar-refractivity contribution in [2.24, 2.45) is 0 Å². The van der Waals surface area contributed by atoms with E-state index in [4.69, 9.17) is 16.7 Å². The third kappa shape index (κ3) is 1.54. The van der Waals surface area contributed by atoms with Crippen LogP contribution in [0.4, 0.5) is 0 Å². The Balaban J connectivity index is 2.69. The van der Waals surface area contributed by atoms with E-state index in [2.05, 4.69) is 4.98 Å². The van der Waals surface area contributed by atoms with Gasteiger partial charge in [0.15, 0.2) is 0 Å². The van der Waals surface area contributed by atoms with Gasteiger partial charge in [0.1, 0.15) is 5.69 Å². The lowest BCUT2D eigenvalue weighted by Crippen LogP contribution is -1.98. The van der Waals surface area contributed by atoms with E-state index in [-0.39, 0.29) is 5.69 Å². The molecule has 0 bridgehead atoms. The summed E-state index contributed by atoms with van der Waals surface area (Å²) in [6.07, 6.45) is 1.52. The number of aromatic carboxylic acids is 1. The van der Waals surface area contributed by atoms with E-state index in [1.165, 1.54) is 12.3 Å². The van der Waals surface area contributed by atoms with Crippen molar-refractivity contribution in [3.8, 4) is 0 Å². The summed E-state index contributed by atoms with van der Waals surface area (Å²) < 4.78 is 0. The average molecular weight is 208 g/mol. The average Bonchev–Trinajstić information content (AvgIpc) is 2.16. The fourth-order valence-electron chi connectivity index (χ4n) is 1.23. The normalized spacial score (nSPS) is 10.4. The fraction of sp³-hybridized carbons (Fsp3) is 0. The molecule has 4 heteroatoms. The first-order valence-electron chi connectivity index (χ1n) is 3.95. The molecular formula is C10H6ClNO2. The summed E-state index contributed by atoms with van der Waals surface area (Å²) in [4.78, 5) is 14.4. The third-order valence-electron chi connectivity index (χ3n) is 1.90. The van der Waals surface area contributed by atoms with Gasteiger partial charge in [-0.25, -0.2) is 9.78 Å². The van der Waals surface area contributed by atoms with E-state index >= 15 is 0 Å². The summed E-state index contributed by atoms with van der Waals surface area (Å²) in [5.74, 6) is -1.04. The van der Waals surface area contributed by atoms with Crippen LogP contribution in [0.5, 0.6) is 0 Å². The number of fused-ring (bicyclic) bond motifs is 1. The van der Waals surface area contributed by atoms with Crippen molar-refractivity contribution in [2.45, 2.75) is 0 Å². The van der Waals surface area contributed by atoms with Crippen molar-refractivity contribution in [1.82, 2.24) is 4.98 Å². The lowest BCUT2D eigenvalue weighted by molar-refractivity contribution is 0.0691. The lowest BCUT2D eigenvalue weighted by Gasteiger charge is -1.99. The van der Waals surface area contributed by atoms with Crippen molar-refractivity contribution in [1.29, 1.82) is 0 Å². The topological polar surface area (TPSA) is 50.2 Å². The highest BCUT2D eigenvalue weighted by atomic mass is 35.5. The Morgan fingerprint density at radius 3 is 2.79 bits per heavy atom. The van der Waals surface area contributed by atoms with Gasteiger partial charge in [0.2, 0.25) is 0 Å². The number of halogens is 1. The van der Waals surface area contributed by atoms with E-state index in [9.17, 15) is 4.79 Å². The number of carbonyl (C=O) groups is 1. The molecule has 0 aliphatic carbocycles. The van der Waals surface area contributed by atoms with Gasteiger partial charge < -0.3 is 5.11 Å². The number of nitrogens with zero attached hydrogens (tertiary/aromatic N) is 1. The standard InChI is InChI=1S/C10H6ClNO2/c11-8-2-1-6-5-12-9(10(13)14)4-7(6)3-8/h1-5H,(H,13,14). The van der Waals surface area contributed by atoms with Crippen LogP contribution in [-0.2, 0) is 0 Å². The highest BCUT2D eigenvalue weighted by Crippen LogP contribution is 2.19. The predicted molar refractivity (Wildman–Crippen MR) is 53.7 cm³/mol. The largest absolute Gasteiger partial charge is 0.477 e. The highest BCUT2D eigenvalue weighted by molar-refractivity contribution is 6.31. The molecule has 0 unspecified atom stereocenters. The molecule has 1 N–H and O–H groups in total. The second-order valence-electron chi connectivity index (χ2n) is 2.87. The first kappa shape index (κ1) is 8.97. The number of benzene rings is 1. The summed E-state index contributed by atoms with van der Waals surface area (Å²) in [5.41, 5.74) is 0.0276. The maximum atomic E-state index is 10.6. The molecule has 70 valence electrons. The van der Waals surface area contributed by atoms with Crippen LogP contribution in [0.1, 0.15) is 10.5 Å². The van der Waals surface area contributed by atoms with Crippen molar-refractivity contribution in [3.63, 3.8) is 0 Å². The molecule has 0 aliphatic rings. The summed E-state index contributed by atoms with van der Waals surface area (Å²) in [7, 11) is 0. The molecule has 2 rings (SSSR count). The zero-order valence-corrected chi connectivity index (χ0v) is 7.82. The number of rotatable bonds is 1. The number of hydrogen-bond acceptors (Lipinski definition) is 2. The Labute approximate surface area is 85.0 Å². The van der Waals surface area contributed by atoms with Crippen LogP contribution < -0.4 is 0 Å². The zero-order chi connectivity index (χ0) is 10.1. The lowest BCUT2D eigenvalue weighted by atomic mass is 10.1. The monoisotopic (exact) mass is 207 g/mol. The number of hydrogen-bond donors (Lipinski definition) is 1. The molecule has 1 heterocycles. The van der Waals surface area contributed by atoms with Gasteiger partial charge in [0, 0.05) is 16.6 Å². The molecule has 0 amide bonds. The van der Waals surface area contributed by atoms with Gasteiger partial charge in [0.25, 0.3) is 0 Å². The van der Waals surface area contributed by atoms with Crippen LogP contribution in [0.15, 0.2) is 30.5 Å². The highest BCUT2D eigenvalue weighted by Gasteiger charge is 2.04. The first-order chi connectivity index (χ1) is 6.66. The third-order valence-corrected chi connectivity index (χ3v) is 2.14. The maximum Gasteiger partial charge on any atom is 0.354 e. The van der Waals surface area contributed by atoms with Crippen LogP contribution in [0.3, 0.4) is 0 Å². The number of carboxylic acids is 1. The minimum Gasteiger partial charge on any atom is -0.477 e. The van der Waals surface area contributed by atoms with Gasteiger partial charge >= 0.3 is 5.97 Å². The van der Waals surface area contributed by atoms with Crippen LogP contribution in [-0.4, -0.2) is 16.1 Å². The second-order valence-corrected chi connectivity index (χ2v) is 3.30. The van der Waals surface area contributed by atoms with Crippen molar-refractivity contribution in [3.05, 3.63) is 41.2 Å². The van der Waals surface area contributed by atoms with Gasteiger partial charge in [-0.3, -0.25) is 0 Å². The molecule has 14 heavy (non-hydrogen) atoms. The van der Waals surface area contributed by atoms with Crippen molar-refractivity contribution >= 4 is 28.3 Å². The smallest absolute Gasteiger partial charge is 0.354 e. The Kier molecular flexibility index (Phi) is 2.09. The molecule has 0 atom stereocenters. The van der Waals surface area contributed by atoms with E-state index in [0.717, 1.165) is 10.8 Å². The first-order valence-corrected chi connectivity index (χ1v) is 4.33. The van der Waals surface area contributed by atoms with Gasteiger partial charge in [-0.1, -0.05) is 17.7 Å². The number of aromatic nitrogens is 1. The van der Waals surface area contributed by atoms with Crippen LogP contribution in [0.2, 0.25) is 5.02 Å². The van der Waals surface area contributed by atoms with Crippen molar-refractivity contribution < 1.29 is 9.90 Å². The molecule has 0 spiro atoms. The van der Waals surface area contributed by atoms with E-state index in [0.29, 0.717) is 5.02 Å². The molecule has 1 aromatic heterocycles. The minimum absolute atomic E-state index is 0.0276. The van der Waals surface area contributed by atoms with E-state index in [1.54, 1.807) is 18.2 Å². The van der Waals surface area contributed by atoms with Gasteiger partial charge in [-0.2, -0.15) is 0 Å². The Morgan fingerprint density at radius 2 is 2.07 bits per heavy atom. The van der Waals surface area contributed by atoms with Crippen LogP contribution >= 0.6 is 11.6 Å². The molecular weight excluding hydrogens is 202 g/mol. The summed E-state index contributed by atoms with van der Waals surface area (Å²) >= 11 is 5.78. The Bertz CT molecular complexity index is 510. The second kappa shape index (κ2) is 3.27. The summed E-state index contributed by atoms with van der Waals surface area (Å²) in [5, 5.41) is 11.0. The van der Waals surface area contributed by atoms with Gasteiger partial charge in [-0.05, 0) is 23.6 Å². The summed E-state index contributed by atoms with van der Waals surface area (Å²) in [6.45, 7) is 0. The van der Waals surface area contributed by atoms with Crippen LogP contribution in [0.25, 0.3) is 10.8 Å². The SMILES string of the molecule is O=C(O)c1cc2cc(Cl)ccc2cn1. The number of carboxylic acid groups (broad SMARTS) is 1. The quantitative estimate of drug-likeness (QED) is 0.782. The Hall–Kier alpha value is -1.61. The van der Waals surface area contributed by atoms with E-state index < -0.39 is 5.97 Å². The molecule has 2 aromatic rings. The molecule has 0 aliphatic heterocycles. The predicted octanol–water partition coefficient (Wildman–Crippen LogP) is 2.59. The maximum absolute atomic E-state index is 10.6. The van der Waals surface area contributed by atoms with Gasteiger partial charge in [-0.15, -0.1) is 0 Å². The molecule has 0 saturated heterocycles. The van der Waals surface area contributed by atoms with Crippen molar-refractivity contribution in [2.75, 3.05) is 0 Å². The summed E-state index contributed by atoms with van der Waals surface area (Å²) in [6, 6.07) is 6.76. The van der Waals surface area contributed by atoms with Crippen LogP contribution in [0, 0.1) is 0 Å². The molecule has 1 aromatic carbocycles. The molecule has 0 saturated carbocycles.